The molecule has 2 aliphatic rings. The Labute approximate surface area is 185 Å². The van der Waals surface area contributed by atoms with Crippen molar-refractivity contribution in [1.82, 2.24) is 15.4 Å². The summed E-state index contributed by atoms with van der Waals surface area (Å²) in [6.45, 7) is 12.3. The molecule has 1 aromatic rings. The third-order valence-corrected chi connectivity index (χ3v) is 8.18. The van der Waals surface area contributed by atoms with Crippen molar-refractivity contribution in [3.63, 3.8) is 0 Å². The number of carbonyl (C=O) groups excluding carboxylic acids is 2. The van der Waals surface area contributed by atoms with Crippen LogP contribution >= 0.6 is 0 Å². The second-order valence-corrected chi connectivity index (χ2v) is 11.5. The molecule has 1 saturated heterocycles. The van der Waals surface area contributed by atoms with Gasteiger partial charge in [-0.3, -0.25) is 10.1 Å². The molecule has 3 rings (SSSR count). The molecule has 2 fully saturated rings. The van der Waals surface area contributed by atoms with Gasteiger partial charge in [0.25, 0.3) is 5.91 Å². The summed E-state index contributed by atoms with van der Waals surface area (Å²) in [5, 5.41) is 5.01. The Bertz CT molecular complexity index is 946. The molecule has 1 aliphatic carbocycles. The first kappa shape index (κ1) is 23.7. The van der Waals surface area contributed by atoms with E-state index in [1.165, 1.54) is 0 Å². The van der Waals surface area contributed by atoms with Gasteiger partial charge in [-0.25, -0.2) is 17.9 Å². The summed E-state index contributed by atoms with van der Waals surface area (Å²) in [4.78, 5) is 24.1. The van der Waals surface area contributed by atoms with E-state index in [0.29, 0.717) is 36.5 Å². The quantitative estimate of drug-likeness (QED) is 0.574. The fourth-order valence-electron chi connectivity index (χ4n) is 4.59. The van der Waals surface area contributed by atoms with Gasteiger partial charge < -0.3 is 5.32 Å². The Balaban J connectivity index is 1.90. The van der Waals surface area contributed by atoms with Crippen LogP contribution < -0.4 is 15.4 Å². The molecule has 3 N–H and O–H groups in total. The molecule has 0 unspecified atom stereocenters. The highest BCUT2D eigenvalue weighted by atomic mass is 32.2. The summed E-state index contributed by atoms with van der Waals surface area (Å²) in [7, 11) is -3.75. The Morgan fingerprint density at radius 2 is 1.45 bits per heavy atom. The lowest BCUT2D eigenvalue weighted by molar-refractivity contribution is -0.125. The van der Waals surface area contributed by atoms with Crippen molar-refractivity contribution < 1.29 is 18.0 Å². The van der Waals surface area contributed by atoms with E-state index in [2.05, 4.69) is 29.2 Å². The number of rotatable bonds is 6. The Morgan fingerprint density at radius 3 is 1.84 bits per heavy atom. The van der Waals surface area contributed by atoms with Crippen LogP contribution in [0.2, 0.25) is 0 Å². The Hall–Kier alpha value is -1.93. The molecule has 0 radical (unpaired) electrons. The topological polar surface area (TPSA) is 104 Å². The first-order valence-corrected chi connectivity index (χ1v) is 12.7. The zero-order valence-electron chi connectivity index (χ0n) is 19.3. The van der Waals surface area contributed by atoms with Crippen LogP contribution in [0.3, 0.4) is 0 Å². The van der Waals surface area contributed by atoms with E-state index in [4.69, 9.17) is 0 Å². The van der Waals surface area contributed by atoms with Crippen molar-refractivity contribution in [2.45, 2.75) is 101 Å². The normalized spacial score (nSPS) is 24.4. The molecule has 0 aromatic heterocycles. The molecular weight excluding hydrogens is 414 g/mol. The van der Waals surface area contributed by atoms with E-state index in [1.807, 2.05) is 39.8 Å². The number of nitrogens with one attached hydrogen (secondary N) is 3. The van der Waals surface area contributed by atoms with E-state index in [1.54, 1.807) is 0 Å². The first-order valence-electron chi connectivity index (χ1n) is 11.2. The number of hydrogen-bond acceptors (Lipinski definition) is 4. The standard InChI is InChI=1S/C23H35N3O4S/c1-13(2)16-11-18(14(3)4)20(19(12-16)15(5)6)31(29,30)26-17-7-9-23(10-8-17)21(27)24-22(28)25-23/h11-15,17,26H,7-10H2,1-6H3,(H2,24,25,27,28). The molecule has 31 heavy (non-hydrogen) atoms. The number of hydrogen-bond donors (Lipinski definition) is 3. The van der Waals surface area contributed by atoms with Gasteiger partial charge in [-0.05, 0) is 60.1 Å². The molecule has 0 atom stereocenters. The lowest BCUT2D eigenvalue weighted by atomic mass is 9.80. The minimum Gasteiger partial charge on any atom is -0.323 e. The first-order chi connectivity index (χ1) is 14.4. The third-order valence-electron chi connectivity index (χ3n) is 6.52. The Morgan fingerprint density at radius 1 is 0.935 bits per heavy atom. The molecule has 8 heteroatoms. The van der Waals surface area contributed by atoms with Crippen LogP contribution in [-0.4, -0.2) is 31.9 Å². The van der Waals surface area contributed by atoms with Crippen LogP contribution in [0.4, 0.5) is 4.79 Å². The highest BCUT2D eigenvalue weighted by Gasteiger charge is 2.48. The van der Waals surface area contributed by atoms with Gasteiger partial charge in [-0.15, -0.1) is 0 Å². The van der Waals surface area contributed by atoms with Crippen LogP contribution in [-0.2, 0) is 14.8 Å². The highest BCUT2D eigenvalue weighted by Crippen LogP contribution is 2.36. The summed E-state index contributed by atoms with van der Waals surface area (Å²) >= 11 is 0. The summed E-state index contributed by atoms with van der Waals surface area (Å²) in [5.74, 6) is 0.124. The van der Waals surface area contributed by atoms with E-state index >= 15 is 0 Å². The number of amides is 3. The number of sulfonamides is 1. The van der Waals surface area contributed by atoms with Crippen LogP contribution in [0, 0.1) is 0 Å². The van der Waals surface area contributed by atoms with Crippen molar-refractivity contribution in [1.29, 1.82) is 0 Å². The van der Waals surface area contributed by atoms with Crippen LogP contribution in [0.5, 0.6) is 0 Å². The largest absolute Gasteiger partial charge is 0.323 e. The van der Waals surface area contributed by atoms with Gasteiger partial charge in [0.1, 0.15) is 5.54 Å². The van der Waals surface area contributed by atoms with Gasteiger partial charge in [-0.2, -0.15) is 0 Å². The van der Waals surface area contributed by atoms with Crippen molar-refractivity contribution in [3.8, 4) is 0 Å². The lowest BCUT2D eigenvalue weighted by Crippen LogP contribution is -2.52. The van der Waals surface area contributed by atoms with Crippen LogP contribution in [0.1, 0.15) is 102 Å². The van der Waals surface area contributed by atoms with E-state index < -0.39 is 21.6 Å². The maximum Gasteiger partial charge on any atom is 0.322 e. The summed E-state index contributed by atoms with van der Waals surface area (Å²) in [6.07, 6.45) is 1.81. The second-order valence-electron chi connectivity index (χ2n) is 9.88. The predicted molar refractivity (Wildman–Crippen MR) is 121 cm³/mol. The fourth-order valence-corrected chi connectivity index (χ4v) is 6.59. The smallest absolute Gasteiger partial charge is 0.322 e. The SMILES string of the molecule is CC(C)c1cc(C(C)C)c(S(=O)(=O)NC2CCC3(CC2)NC(=O)NC3=O)c(C(C)C)c1. The summed E-state index contributed by atoms with van der Waals surface area (Å²) in [6, 6.07) is 3.32. The second kappa shape index (κ2) is 8.54. The maximum absolute atomic E-state index is 13.6. The molecular formula is C23H35N3O4S. The van der Waals surface area contributed by atoms with Gasteiger partial charge in [0.2, 0.25) is 10.0 Å². The molecule has 7 nitrogen and oxygen atoms in total. The summed E-state index contributed by atoms with van der Waals surface area (Å²) in [5.41, 5.74) is 1.94. The molecule has 1 saturated carbocycles. The number of imide groups is 1. The van der Waals surface area contributed by atoms with Gasteiger partial charge in [0.15, 0.2) is 0 Å². The van der Waals surface area contributed by atoms with Gasteiger partial charge in [0.05, 0.1) is 4.90 Å². The average molecular weight is 450 g/mol. The number of carbonyl (C=O) groups is 2. The molecule has 3 amide bonds. The zero-order valence-corrected chi connectivity index (χ0v) is 20.2. The molecule has 1 aliphatic heterocycles. The van der Waals surface area contributed by atoms with E-state index in [0.717, 1.165) is 16.7 Å². The van der Waals surface area contributed by atoms with Gasteiger partial charge in [0, 0.05) is 6.04 Å². The van der Waals surface area contributed by atoms with Crippen molar-refractivity contribution in [2.24, 2.45) is 0 Å². The fraction of sp³-hybridized carbons (Fsp3) is 0.652. The van der Waals surface area contributed by atoms with Crippen molar-refractivity contribution in [3.05, 3.63) is 28.8 Å². The lowest BCUT2D eigenvalue weighted by Gasteiger charge is -2.35. The van der Waals surface area contributed by atoms with Crippen LogP contribution in [0.15, 0.2) is 17.0 Å². The minimum absolute atomic E-state index is 0.0646. The van der Waals surface area contributed by atoms with Gasteiger partial charge >= 0.3 is 6.03 Å². The third kappa shape index (κ3) is 4.65. The maximum atomic E-state index is 13.6. The molecule has 1 spiro atoms. The molecule has 0 bridgehead atoms. The van der Waals surface area contributed by atoms with Crippen LogP contribution in [0.25, 0.3) is 0 Å². The molecule has 1 aromatic carbocycles. The van der Waals surface area contributed by atoms with Gasteiger partial charge in [-0.1, -0.05) is 53.7 Å². The predicted octanol–water partition coefficient (Wildman–Crippen LogP) is 3.86. The minimum atomic E-state index is -3.75. The number of urea groups is 1. The molecule has 1 heterocycles. The molecule has 172 valence electrons. The van der Waals surface area contributed by atoms with Crippen molar-refractivity contribution >= 4 is 22.0 Å². The average Bonchev–Trinajstić information content (AvgIpc) is 2.95. The van der Waals surface area contributed by atoms with E-state index in [-0.39, 0.29) is 23.8 Å². The van der Waals surface area contributed by atoms with E-state index in [9.17, 15) is 18.0 Å². The monoisotopic (exact) mass is 449 g/mol. The van der Waals surface area contributed by atoms with Crippen molar-refractivity contribution in [2.75, 3.05) is 0 Å². The summed E-state index contributed by atoms with van der Waals surface area (Å²) < 4.78 is 30.1. The highest BCUT2D eigenvalue weighted by molar-refractivity contribution is 7.89. The number of benzene rings is 1. The Kier molecular flexibility index (Phi) is 6.54. The zero-order chi connectivity index (χ0) is 23.1.